The first kappa shape index (κ1) is 9.61. The van der Waals surface area contributed by atoms with Crippen LogP contribution < -0.4 is 5.32 Å². The summed E-state index contributed by atoms with van der Waals surface area (Å²) < 4.78 is 10.3. The lowest BCUT2D eigenvalue weighted by Gasteiger charge is -2.00. The van der Waals surface area contributed by atoms with Crippen molar-refractivity contribution in [2.24, 2.45) is 5.92 Å². The molecule has 78 valence electrons. The van der Waals surface area contributed by atoms with Crippen molar-refractivity contribution in [1.82, 2.24) is 15.5 Å². The van der Waals surface area contributed by atoms with Gasteiger partial charge in [0.25, 0.3) is 0 Å². The molecular weight excluding hydrogens is 182 g/mol. The van der Waals surface area contributed by atoms with E-state index in [4.69, 9.17) is 9.26 Å². The molecular formula is C9H15N3O2. The fourth-order valence-electron chi connectivity index (χ4n) is 1.60. The molecule has 0 aliphatic carbocycles. The molecule has 0 bridgehead atoms. The summed E-state index contributed by atoms with van der Waals surface area (Å²) in [6.45, 7) is 2.33. The monoisotopic (exact) mass is 197 g/mol. The lowest BCUT2D eigenvalue weighted by atomic mass is 10.1. The number of ether oxygens (including phenoxy) is 1. The summed E-state index contributed by atoms with van der Waals surface area (Å²) in [6, 6.07) is 0. The van der Waals surface area contributed by atoms with Crippen LogP contribution in [0, 0.1) is 5.92 Å². The first-order chi connectivity index (χ1) is 6.88. The summed E-state index contributed by atoms with van der Waals surface area (Å²) in [5.74, 6) is 2.02. The first-order valence-electron chi connectivity index (χ1n) is 4.92. The number of hydrogen-bond acceptors (Lipinski definition) is 5. The first-order valence-corrected chi connectivity index (χ1v) is 4.92. The highest BCUT2D eigenvalue weighted by molar-refractivity contribution is 4.88. The van der Waals surface area contributed by atoms with Crippen LogP contribution in [0.2, 0.25) is 0 Å². The summed E-state index contributed by atoms with van der Waals surface area (Å²) in [5, 5.41) is 6.89. The van der Waals surface area contributed by atoms with Gasteiger partial charge in [-0.25, -0.2) is 0 Å². The third-order valence-electron chi connectivity index (χ3n) is 2.33. The van der Waals surface area contributed by atoms with E-state index in [-0.39, 0.29) is 0 Å². The molecule has 1 unspecified atom stereocenters. The second-order valence-electron chi connectivity index (χ2n) is 3.57. The molecule has 5 heteroatoms. The number of aromatic nitrogens is 2. The molecule has 1 atom stereocenters. The Morgan fingerprint density at radius 2 is 2.50 bits per heavy atom. The van der Waals surface area contributed by atoms with Gasteiger partial charge in [0.2, 0.25) is 5.89 Å². The molecule has 2 heterocycles. The maximum Gasteiger partial charge on any atom is 0.240 e. The molecule has 1 N–H and O–H groups in total. The van der Waals surface area contributed by atoms with Gasteiger partial charge in [0.05, 0.1) is 6.54 Å². The maximum absolute atomic E-state index is 5.29. The molecule has 1 fully saturated rings. The standard InChI is InChI=1S/C9H15N3O2/c1-10-5-9-11-8(12-14-9)4-7-2-3-13-6-7/h7,10H,2-6H2,1H3. The van der Waals surface area contributed by atoms with Crippen LogP contribution >= 0.6 is 0 Å². The van der Waals surface area contributed by atoms with Gasteiger partial charge in [0.1, 0.15) is 0 Å². The minimum Gasteiger partial charge on any atom is -0.381 e. The van der Waals surface area contributed by atoms with E-state index in [1.165, 1.54) is 0 Å². The van der Waals surface area contributed by atoms with Crippen LogP contribution in [-0.2, 0) is 17.7 Å². The van der Waals surface area contributed by atoms with E-state index in [2.05, 4.69) is 15.5 Å². The molecule has 1 aliphatic rings. The van der Waals surface area contributed by atoms with Crippen molar-refractivity contribution in [3.63, 3.8) is 0 Å². The molecule has 0 saturated carbocycles. The number of hydrogen-bond donors (Lipinski definition) is 1. The van der Waals surface area contributed by atoms with E-state index in [1.807, 2.05) is 7.05 Å². The molecule has 0 radical (unpaired) electrons. The van der Waals surface area contributed by atoms with E-state index in [1.54, 1.807) is 0 Å². The van der Waals surface area contributed by atoms with Crippen LogP contribution in [0.3, 0.4) is 0 Å². The zero-order valence-electron chi connectivity index (χ0n) is 8.32. The SMILES string of the molecule is CNCc1nc(CC2CCOC2)no1. The van der Waals surface area contributed by atoms with Gasteiger partial charge < -0.3 is 14.6 Å². The Kier molecular flexibility index (Phi) is 3.10. The summed E-state index contributed by atoms with van der Waals surface area (Å²) >= 11 is 0. The van der Waals surface area contributed by atoms with Gasteiger partial charge in [0.15, 0.2) is 5.82 Å². The molecule has 1 aromatic rings. The van der Waals surface area contributed by atoms with E-state index < -0.39 is 0 Å². The molecule has 1 aliphatic heterocycles. The van der Waals surface area contributed by atoms with Crippen molar-refractivity contribution < 1.29 is 9.26 Å². The molecule has 2 rings (SSSR count). The lowest BCUT2D eigenvalue weighted by molar-refractivity contribution is 0.185. The van der Waals surface area contributed by atoms with E-state index in [0.717, 1.165) is 31.9 Å². The summed E-state index contributed by atoms with van der Waals surface area (Å²) in [7, 11) is 1.86. The van der Waals surface area contributed by atoms with Crippen LogP contribution in [0.25, 0.3) is 0 Å². The second-order valence-corrected chi connectivity index (χ2v) is 3.57. The quantitative estimate of drug-likeness (QED) is 0.755. The Labute approximate surface area is 82.8 Å². The van der Waals surface area contributed by atoms with Crippen LogP contribution in [-0.4, -0.2) is 30.4 Å². The summed E-state index contributed by atoms with van der Waals surface area (Å²) in [4.78, 5) is 4.27. The van der Waals surface area contributed by atoms with Crippen molar-refractivity contribution in [2.45, 2.75) is 19.4 Å². The smallest absolute Gasteiger partial charge is 0.240 e. The van der Waals surface area contributed by atoms with Crippen molar-refractivity contribution in [1.29, 1.82) is 0 Å². The Hall–Kier alpha value is -0.940. The largest absolute Gasteiger partial charge is 0.381 e. The van der Waals surface area contributed by atoms with E-state index in [9.17, 15) is 0 Å². The number of rotatable bonds is 4. The van der Waals surface area contributed by atoms with Gasteiger partial charge in [0, 0.05) is 19.6 Å². The third-order valence-corrected chi connectivity index (χ3v) is 2.33. The Morgan fingerprint density at radius 3 is 3.21 bits per heavy atom. The van der Waals surface area contributed by atoms with Gasteiger partial charge in [-0.15, -0.1) is 0 Å². The molecule has 0 amide bonds. The van der Waals surface area contributed by atoms with Crippen LogP contribution in [0.1, 0.15) is 18.1 Å². The molecule has 1 aromatic heterocycles. The molecule has 0 aromatic carbocycles. The average molecular weight is 197 g/mol. The molecule has 0 spiro atoms. The van der Waals surface area contributed by atoms with Crippen molar-refractivity contribution in [2.75, 3.05) is 20.3 Å². The topological polar surface area (TPSA) is 60.2 Å². The van der Waals surface area contributed by atoms with Gasteiger partial charge in [-0.05, 0) is 19.4 Å². The van der Waals surface area contributed by atoms with Crippen molar-refractivity contribution in [3.05, 3.63) is 11.7 Å². The van der Waals surface area contributed by atoms with Crippen LogP contribution in [0.15, 0.2) is 4.52 Å². The Balaban J connectivity index is 1.88. The number of nitrogens with zero attached hydrogens (tertiary/aromatic N) is 2. The molecule has 1 saturated heterocycles. The van der Waals surface area contributed by atoms with Gasteiger partial charge in [-0.2, -0.15) is 4.98 Å². The summed E-state index contributed by atoms with van der Waals surface area (Å²) in [6.07, 6.45) is 1.98. The maximum atomic E-state index is 5.29. The van der Waals surface area contributed by atoms with Crippen LogP contribution in [0.5, 0.6) is 0 Å². The lowest BCUT2D eigenvalue weighted by Crippen LogP contribution is -2.07. The fourth-order valence-corrected chi connectivity index (χ4v) is 1.60. The van der Waals surface area contributed by atoms with Crippen LogP contribution in [0.4, 0.5) is 0 Å². The van der Waals surface area contributed by atoms with E-state index >= 15 is 0 Å². The molecule has 5 nitrogen and oxygen atoms in total. The van der Waals surface area contributed by atoms with Crippen molar-refractivity contribution in [3.8, 4) is 0 Å². The normalized spacial score (nSPS) is 21.6. The van der Waals surface area contributed by atoms with Crippen molar-refractivity contribution >= 4 is 0 Å². The minimum absolute atomic E-state index is 0.565. The number of nitrogens with one attached hydrogen (secondary N) is 1. The Morgan fingerprint density at radius 1 is 1.57 bits per heavy atom. The minimum atomic E-state index is 0.565. The van der Waals surface area contributed by atoms with Gasteiger partial charge in [-0.1, -0.05) is 5.16 Å². The zero-order valence-corrected chi connectivity index (χ0v) is 8.32. The fraction of sp³-hybridized carbons (Fsp3) is 0.778. The summed E-state index contributed by atoms with van der Waals surface area (Å²) in [5.41, 5.74) is 0. The second kappa shape index (κ2) is 4.52. The average Bonchev–Trinajstić information content (AvgIpc) is 2.79. The van der Waals surface area contributed by atoms with Gasteiger partial charge in [-0.3, -0.25) is 0 Å². The van der Waals surface area contributed by atoms with Gasteiger partial charge >= 0.3 is 0 Å². The van der Waals surface area contributed by atoms with E-state index in [0.29, 0.717) is 18.4 Å². The predicted octanol–water partition coefficient (Wildman–Crippen LogP) is 0.368. The highest BCUT2D eigenvalue weighted by Crippen LogP contribution is 2.16. The Bertz CT molecular complexity index is 281. The predicted molar refractivity (Wildman–Crippen MR) is 49.7 cm³/mol. The highest BCUT2D eigenvalue weighted by Gasteiger charge is 2.18. The zero-order chi connectivity index (χ0) is 9.80. The highest BCUT2D eigenvalue weighted by atomic mass is 16.5. The molecule has 14 heavy (non-hydrogen) atoms. The third kappa shape index (κ3) is 2.30.